The Hall–Kier alpha value is -0.380. The number of thiophene rings is 1. The second kappa shape index (κ2) is 4.86. The first-order chi connectivity index (χ1) is 7.58. The molecule has 4 heteroatoms. The molecule has 0 radical (unpaired) electrons. The largest absolute Gasteiger partial charge is 0.207 e. The van der Waals surface area contributed by atoms with Crippen molar-refractivity contribution in [3.63, 3.8) is 0 Å². The van der Waals surface area contributed by atoms with Crippen LogP contribution in [0.1, 0.15) is 20.1 Å². The maximum atomic E-state index is 12.9. The van der Waals surface area contributed by atoms with Gasteiger partial charge in [-0.05, 0) is 36.8 Å². The SMILES string of the molecule is Cc1ccc(C(Br)c2ccc(F)cc2Cl)s1. The van der Waals surface area contributed by atoms with Crippen molar-refractivity contribution >= 4 is 38.9 Å². The van der Waals surface area contributed by atoms with E-state index in [0.29, 0.717) is 5.02 Å². The molecule has 1 aromatic heterocycles. The van der Waals surface area contributed by atoms with Crippen molar-refractivity contribution < 1.29 is 4.39 Å². The van der Waals surface area contributed by atoms with Gasteiger partial charge in [0.1, 0.15) is 5.82 Å². The van der Waals surface area contributed by atoms with Gasteiger partial charge >= 0.3 is 0 Å². The zero-order valence-corrected chi connectivity index (χ0v) is 11.7. The fourth-order valence-electron chi connectivity index (χ4n) is 1.45. The summed E-state index contributed by atoms with van der Waals surface area (Å²) < 4.78 is 12.9. The molecule has 1 atom stereocenters. The van der Waals surface area contributed by atoms with E-state index in [1.54, 1.807) is 17.4 Å². The lowest BCUT2D eigenvalue weighted by molar-refractivity contribution is 0.627. The first-order valence-electron chi connectivity index (χ1n) is 4.73. The van der Waals surface area contributed by atoms with Crippen molar-refractivity contribution in [3.8, 4) is 0 Å². The molecule has 0 fully saturated rings. The third-order valence-electron chi connectivity index (χ3n) is 2.25. The molecule has 0 nitrogen and oxygen atoms in total. The van der Waals surface area contributed by atoms with Gasteiger partial charge in [0, 0.05) is 14.8 Å². The molecular formula is C12H9BrClFS. The summed E-state index contributed by atoms with van der Waals surface area (Å²) >= 11 is 11.3. The number of hydrogen-bond acceptors (Lipinski definition) is 1. The van der Waals surface area contributed by atoms with E-state index in [1.165, 1.54) is 21.9 Å². The van der Waals surface area contributed by atoms with Gasteiger partial charge in [0.2, 0.25) is 0 Å². The van der Waals surface area contributed by atoms with Gasteiger partial charge in [-0.15, -0.1) is 11.3 Å². The number of halogens is 3. The summed E-state index contributed by atoms with van der Waals surface area (Å²) in [6, 6.07) is 8.60. The quantitative estimate of drug-likeness (QED) is 0.656. The highest BCUT2D eigenvalue weighted by atomic mass is 79.9. The van der Waals surface area contributed by atoms with Crippen LogP contribution < -0.4 is 0 Å². The molecule has 0 saturated carbocycles. The minimum absolute atomic E-state index is 0.0271. The number of alkyl halides is 1. The molecule has 1 heterocycles. The topological polar surface area (TPSA) is 0 Å². The van der Waals surface area contributed by atoms with Crippen LogP contribution in [0.4, 0.5) is 4.39 Å². The van der Waals surface area contributed by atoms with Gasteiger partial charge in [-0.1, -0.05) is 33.6 Å². The maximum absolute atomic E-state index is 12.9. The third kappa shape index (κ3) is 2.47. The van der Waals surface area contributed by atoms with E-state index >= 15 is 0 Å². The van der Waals surface area contributed by atoms with E-state index < -0.39 is 0 Å². The Kier molecular flexibility index (Phi) is 3.67. The lowest BCUT2D eigenvalue weighted by Gasteiger charge is -2.10. The molecule has 2 aromatic rings. The predicted octanol–water partition coefficient (Wildman–Crippen LogP) is 5.33. The predicted molar refractivity (Wildman–Crippen MR) is 71.2 cm³/mol. The molecule has 0 aliphatic carbocycles. The van der Waals surface area contributed by atoms with Crippen LogP contribution in [0.2, 0.25) is 5.02 Å². The lowest BCUT2D eigenvalue weighted by atomic mass is 10.1. The number of aryl methyl sites for hydroxylation is 1. The molecule has 0 amide bonds. The number of hydrogen-bond donors (Lipinski definition) is 0. The summed E-state index contributed by atoms with van der Waals surface area (Å²) in [6.07, 6.45) is 0. The Bertz CT molecular complexity index is 509. The van der Waals surface area contributed by atoms with Crippen LogP contribution in [0.15, 0.2) is 30.3 Å². The van der Waals surface area contributed by atoms with Crippen LogP contribution in [0.3, 0.4) is 0 Å². The van der Waals surface area contributed by atoms with Gasteiger partial charge in [-0.3, -0.25) is 0 Å². The summed E-state index contributed by atoms with van der Waals surface area (Å²) in [4.78, 5) is 2.45. The highest BCUT2D eigenvalue weighted by Gasteiger charge is 2.15. The second-order valence-electron chi connectivity index (χ2n) is 3.48. The Morgan fingerprint density at radius 1 is 1.31 bits per heavy atom. The fraction of sp³-hybridized carbons (Fsp3) is 0.167. The summed E-state index contributed by atoms with van der Waals surface area (Å²) in [5.41, 5.74) is 0.893. The monoisotopic (exact) mass is 318 g/mol. The Morgan fingerprint density at radius 2 is 2.06 bits per heavy atom. The smallest absolute Gasteiger partial charge is 0.124 e. The van der Waals surface area contributed by atoms with Crippen molar-refractivity contribution in [2.45, 2.75) is 11.8 Å². The molecule has 0 bridgehead atoms. The maximum Gasteiger partial charge on any atom is 0.124 e. The first kappa shape index (κ1) is 12.1. The van der Waals surface area contributed by atoms with Crippen LogP contribution in [0, 0.1) is 12.7 Å². The van der Waals surface area contributed by atoms with Crippen LogP contribution >= 0.6 is 38.9 Å². The van der Waals surface area contributed by atoms with Crippen molar-refractivity contribution in [3.05, 3.63) is 56.5 Å². The fourth-order valence-corrected chi connectivity index (χ4v) is 3.56. The van der Waals surface area contributed by atoms with E-state index in [0.717, 1.165) is 5.56 Å². The molecule has 1 unspecified atom stereocenters. The molecule has 0 N–H and O–H groups in total. The van der Waals surface area contributed by atoms with Crippen molar-refractivity contribution in [1.82, 2.24) is 0 Å². The zero-order valence-electron chi connectivity index (χ0n) is 8.51. The van der Waals surface area contributed by atoms with Gasteiger partial charge < -0.3 is 0 Å². The highest BCUT2D eigenvalue weighted by molar-refractivity contribution is 9.09. The van der Waals surface area contributed by atoms with Gasteiger partial charge in [0.25, 0.3) is 0 Å². The molecule has 0 spiro atoms. The number of benzene rings is 1. The van der Waals surface area contributed by atoms with Crippen LogP contribution in [-0.2, 0) is 0 Å². The molecule has 0 saturated heterocycles. The van der Waals surface area contributed by atoms with E-state index in [4.69, 9.17) is 11.6 Å². The van der Waals surface area contributed by atoms with Gasteiger partial charge in [-0.25, -0.2) is 4.39 Å². The lowest BCUT2D eigenvalue weighted by Crippen LogP contribution is -1.91. The van der Waals surface area contributed by atoms with Crippen molar-refractivity contribution in [2.24, 2.45) is 0 Å². The van der Waals surface area contributed by atoms with E-state index in [1.807, 2.05) is 0 Å². The Labute approximate surface area is 111 Å². The summed E-state index contributed by atoms with van der Waals surface area (Å²) in [5.74, 6) is -0.309. The van der Waals surface area contributed by atoms with E-state index in [-0.39, 0.29) is 10.6 Å². The van der Waals surface area contributed by atoms with Crippen LogP contribution in [0.5, 0.6) is 0 Å². The highest BCUT2D eigenvalue weighted by Crippen LogP contribution is 2.38. The van der Waals surface area contributed by atoms with E-state index in [2.05, 4.69) is 35.0 Å². The first-order valence-corrected chi connectivity index (χ1v) is 6.84. The average Bonchev–Trinajstić information content (AvgIpc) is 2.64. The molecule has 1 aromatic carbocycles. The van der Waals surface area contributed by atoms with Gasteiger partial charge in [-0.2, -0.15) is 0 Å². The zero-order chi connectivity index (χ0) is 11.7. The van der Waals surface area contributed by atoms with Crippen molar-refractivity contribution in [1.29, 1.82) is 0 Å². The molecule has 0 aliphatic rings. The molecule has 2 rings (SSSR count). The normalized spacial score (nSPS) is 12.8. The van der Waals surface area contributed by atoms with Gasteiger partial charge in [0.05, 0.1) is 4.83 Å². The summed E-state index contributed by atoms with van der Waals surface area (Å²) in [7, 11) is 0. The standard InChI is InChI=1S/C12H9BrClFS/c1-7-2-5-11(16-7)12(13)9-4-3-8(15)6-10(9)14/h2-6,12H,1H3. The molecule has 84 valence electrons. The molecular weight excluding hydrogens is 311 g/mol. The Balaban J connectivity index is 2.37. The summed E-state index contributed by atoms with van der Waals surface area (Å²) in [6.45, 7) is 2.06. The third-order valence-corrected chi connectivity index (χ3v) is 4.93. The van der Waals surface area contributed by atoms with Gasteiger partial charge in [0.15, 0.2) is 0 Å². The number of rotatable bonds is 2. The van der Waals surface area contributed by atoms with Crippen LogP contribution in [0.25, 0.3) is 0 Å². The minimum Gasteiger partial charge on any atom is -0.207 e. The van der Waals surface area contributed by atoms with Crippen molar-refractivity contribution in [2.75, 3.05) is 0 Å². The minimum atomic E-state index is -0.309. The average molecular weight is 320 g/mol. The second-order valence-corrected chi connectivity index (χ2v) is 6.12. The molecule has 16 heavy (non-hydrogen) atoms. The molecule has 0 aliphatic heterocycles. The van der Waals surface area contributed by atoms with E-state index in [9.17, 15) is 4.39 Å². The summed E-state index contributed by atoms with van der Waals surface area (Å²) in [5, 5.41) is 0.452. The Morgan fingerprint density at radius 3 is 2.62 bits per heavy atom. The van der Waals surface area contributed by atoms with Crippen LogP contribution in [-0.4, -0.2) is 0 Å².